The molecule has 0 amide bonds. The summed E-state index contributed by atoms with van der Waals surface area (Å²) in [5.41, 5.74) is 1.09. The highest BCUT2D eigenvalue weighted by atomic mass is 35.5. The maximum atomic E-state index is 6.36. The highest BCUT2D eigenvalue weighted by Gasteiger charge is 2.21. The van der Waals surface area contributed by atoms with E-state index in [9.17, 15) is 0 Å². The second kappa shape index (κ2) is 9.37. The van der Waals surface area contributed by atoms with Crippen molar-refractivity contribution in [1.29, 1.82) is 0 Å². The molecule has 0 saturated carbocycles. The molecule has 0 aliphatic carbocycles. The normalized spacial score (nSPS) is 14.4. The van der Waals surface area contributed by atoms with Gasteiger partial charge in [0.1, 0.15) is 0 Å². The van der Waals surface area contributed by atoms with Crippen LogP contribution in [0.4, 0.5) is 0 Å². The number of rotatable bonds is 10. The Hall–Kier alpha value is -0.580. The van der Waals surface area contributed by atoms with E-state index < -0.39 is 0 Å². The second-order valence-electron chi connectivity index (χ2n) is 5.35. The summed E-state index contributed by atoms with van der Waals surface area (Å²) in [5, 5.41) is 8.74. The largest absolute Gasteiger partial charge is 0.383 e. The number of ether oxygens (including phenoxy) is 1. The summed E-state index contributed by atoms with van der Waals surface area (Å²) in [4.78, 5) is 0. The number of nitrogens with zero attached hydrogens (tertiary/aromatic N) is 2. The molecule has 116 valence electrons. The Morgan fingerprint density at radius 2 is 2.20 bits per heavy atom. The SMILES string of the molecule is CCCNC(CC(C)CC)c1c(Cl)cnn1CCOC. The van der Waals surface area contributed by atoms with Gasteiger partial charge in [-0.05, 0) is 25.3 Å². The van der Waals surface area contributed by atoms with E-state index in [1.165, 1.54) is 6.42 Å². The maximum Gasteiger partial charge on any atom is 0.0834 e. The van der Waals surface area contributed by atoms with E-state index in [-0.39, 0.29) is 6.04 Å². The van der Waals surface area contributed by atoms with E-state index >= 15 is 0 Å². The minimum absolute atomic E-state index is 0.261. The van der Waals surface area contributed by atoms with Crippen LogP contribution < -0.4 is 5.32 Å². The third-order valence-corrected chi connectivity index (χ3v) is 3.94. The second-order valence-corrected chi connectivity index (χ2v) is 5.76. The highest BCUT2D eigenvalue weighted by molar-refractivity contribution is 6.31. The van der Waals surface area contributed by atoms with Gasteiger partial charge in [0.25, 0.3) is 0 Å². The molecule has 2 atom stereocenters. The van der Waals surface area contributed by atoms with Crippen molar-refractivity contribution in [1.82, 2.24) is 15.1 Å². The first-order valence-corrected chi connectivity index (χ1v) is 7.95. The van der Waals surface area contributed by atoms with Crippen molar-refractivity contribution >= 4 is 11.6 Å². The molecule has 0 aromatic carbocycles. The van der Waals surface area contributed by atoms with Crippen molar-refractivity contribution in [2.45, 2.75) is 52.6 Å². The fourth-order valence-corrected chi connectivity index (χ4v) is 2.53. The molecule has 0 spiro atoms. The van der Waals surface area contributed by atoms with Crippen LogP contribution in [0.25, 0.3) is 0 Å². The van der Waals surface area contributed by atoms with Gasteiger partial charge in [-0.1, -0.05) is 38.8 Å². The molecule has 0 fully saturated rings. The number of aromatic nitrogens is 2. The predicted octanol–water partition coefficient (Wildman–Crippen LogP) is 3.66. The van der Waals surface area contributed by atoms with E-state index in [0.29, 0.717) is 12.5 Å². The molecule has 0 radical (unpaired) electrons. The Bertz CT molecular complexity index is 381. The number of hydrogen-bond acceptors (Lipinski definition) is 3. The molecule has 1 aromatic heterocycles. The Morgan fingerprint density at radius 3 is 2.80 bits per heavy atom. The molecule has 20 heavy (non-hydrogen) atoms. The standard InChI is InChI=1S/C15H28ClN3O/c1-5-7-17-14(10-12(3)6-2)15-13(16)11-18-19(15)8-9-20-4/h11-12,14,17H,5-10H2,1-4H3. The molecule has 0 bridgehead atoms. The van der Waals surface area contributed by atoms with Gasteiger partial charge >= 0.3 is 0 Å². The lowest BCUT2D eigenvalue weighted by Crippen LogP contribution is -2.27. The predicted molar refractivity (Wildman–Crippen MR) is 84.2 cm³/mol. The first-order valence-electron chi connectivity index (χ1n) is 7.57. The summed E-state index contributed by atoms with van der Waals surface area (Å²) in [6.45, 7) is 9.07. The number of methoxy groups -OCH3 is 1. The molecule has 0 saturated heterocycles. The summed E-state index contributed by atoms with van der Waals surface area (Å²) in [7, 11) is 1.71. The van der Waals surface area contributed by atoms with Gasteiger partial charge in [0.2, 0.25) is 0 Å². The average molecular weight is 302 g/mol. The molecule has 1 N–H and O–H groups in total. The van der Waals surface area contributed by atoms with Crippen LogP contribution in [0.15, 0.2) is 6.20 Å². The van der Waals surface area contributed by atoms with Crippen molar-refractivity contribution < 1.29 is 4.74 Å². The number of halogens is 1. The molecule has 1 heterocycles. The Balaban J connectivity index is 2.89. The Labute approximate surface area is 127 Å². The summed E-state index contributed by atoms with van der Waals surface area (Å²) < 4.78 is 7.12. The number of hydrogen-bond donors (Lipinski definition) is 1. The molecule has 1 rings (SSSR count). The zero-order valence-electron chi connectivity index (χ0n) is 13.2. The monoisotopic (exact) mass is 301 g/mol. The van der Waals surface area contributed by atoms with Gasteiger partial charge in [0.05, 0.1) is 36.1 Å². The van der Waals surface area contributed by atoms with Crippen molar-refractivity contribution in [3.63, 3.8) is 0 Å². The van der Waals surface area contributed by atoms with Gasteiger partial charge in [-0.15, -0.1) is 0 Å². The fraction of sp³-hybridized carbons (Fsp3) is 0.800. The van der Waals surface area contributed by atoms with E-state index in [1.807, 2.05) is 4.68 Å². The lowest BCUT2D eigenvalue weighted by atomic mass is 9.97. The van der Waals surface area contributed by atoms with E-state index in [4.69, 9.17) is 16.3 Å². The highest BCUT2D eigenvalue weighted by Crippen LogP contribution is 2.28. The van der Waals surface area contributed by atoms with Crippen LogP contribution in [0.5, 0.6) is 0 Å². The zero-order valence-corrected chi connectivity index (χ0v) is 13.9. The van der Waals surface area contributed by atoms with Crippen LogP contribution in [-0.2, 0) is 11.3 Å². The van der Waals surface area contributed by atoms with Crippen molar-refractivity contribution in [2.24, 2.45) is 5.92 Å². The van der Waals surface area contributed by atoms with Gasteiger partial charge in [-0.3, -0.25) is 4.68 Å². The quantitative estimate of drug-likeness (QED) is 0.717. The Morgan fingerprint density at radius 1 is 1.45 bits per heavy atom. The summed E-state index contributed by atoms with van der Waals surface area (Å²) in [6.07, 6.45) is 5.10. The molecule has 0 aliphatic heterocycles. The van der Waals surface area contributed by atoms with Crippen molar-refractivity contribution in [3.8, 4) is 0 Å². The van der Waals surface area contributed by atoms with Gasteiger partial charge in [0.15, 0.2) is 0 Å². The van der Waals surface area contributed by atoms with Gasteiger partial charge < -0.3 is 10.1 Å². The minimum Gasteiger partial charge on any atom is -0.383 e. The first-order chi connectivity index (χ1) is 9.63. The minimum atomic E-state index is 0.261. The van der Waals surface area contributed by atoms with Crippen LogP contribution in [0.1, 0.15) is 51.8 Å². The molecular formula is C15H28ClN3O. The maximum absolute atomic E-state index is 6.36. The molecule has 2 unspecified atom stereocenters. The average Bonchev–Trinajstić information content (AvgIpc) is 2.82. The topological polar surface area (TPSA) is 39.1 Å². The molecular weight excluding hydrogens is 274 g/mol. The summed E-state index contributed by atoms with van der Waals surface area (Å²) >= 11 is 6.36. The third-order valence-electron chi connectivity index (χ3n) is 3.65. The smallest absolute Gasteiger partial charge is 0.0834 e. The zero-order chi connectivity index (χ0) is 15.0. The third kappa shape index (κ3) is 5.08. The van der Waals surface area contributed by atoms with Crippen molar-refractivity contribution in [2.75, 3.05) is 20.3 Å². The molecule has 1 aromatic rings. The van der Waals surface area contributed by atoms with Crippen LogP contribution in [-0.4, -0.2) is 30.0 Å². The van der Waals surface area contributed by atoms with Crippen LogP contribution in [0.3, 0.4) is 0 Å². The van der Waals surface area contributed by atoms with Gasteiger partial charge in [0, 0.05) is 7.11 Å². The van der Waals surface area contributed by atoms with Crippen LogP contribution in [0.2, 0.25) is 5.02 Å². The Kier molecular flexibility index (Phi) is 8.19. The number of nitrogens with one attached hydrogen (secondary N) is 1. The molecule has 0 aliphatic rings. The lowest BCUT2D eigenvalue weighted by Gasteiger charge is -2.23. The van der Waals surface area contributed by atoms with E-state index in [0.717, 1.165) is 36.6 Å². The van der Waals surface area contributed by atoms with Crippen LogP contribution in [0, 0.1) is 5.92 Å². The van der Waals surface area contributed by atoms with Gasteiger partial charge in [-0.2, -0.15) is 5.10 Å². The van der Waals surface area contributed by atoms with Crippen LogP contribution >= 0.6 is 11.6 Å². The first kappa shape index (κ1) is 17.5. The van der Waals surface area contributed by atoms with Crippen molar-refractivity contribution in [3.05, 3.63) is 16.9 Å². The van der Waals surface area contributed by atoms with E-state index in [1.54, 1.807) is 13.3 Å². The molecule has 5 heteroatoms. The summed E-state index contributed by atoms with van der Waals surface area (Å²) in [5.74, 6) is 0.659. The lowest BCUT2D eigenvalue weighted by molar-refractivity contribution is 0.181. The summed E-state index contributed by atoms with van der Waals surface area (Å²) in [6, 6.07) is 0.261. The van der Waals surface area contributed by atoms with Gasteiger partial charge in [-0.25, -0.2) is 0 Å². The molecule has 4 nitrogen and oxygen atoms in total. The van der Waals surface area contributed by atoms with E-state index in [2.05, 4.69) is 31.2 Å². The fourth-order valence-electron chi connectivity index (χ4n) is 2.25.